The van der Waals surface area contributed by atoms with E-state index in [1.54, 1.807) is 25.3 Å². The van der Waals surface area contributed by atoms with Gasteiger partial charge in [-0.25, -0.2) is 4.79 Å². The van der Waals surface area contributed by atoms with Crippen molar-refractivity contribution in [1.82, 2.24) is 5.32 Å². The number of hydrogen-bond acceptors (Lipinski definition) is 4. The van der Waals surface area contributed by atoms with E-state index in [0.717, 1.165) is 5.56 Å². The standard InChI is InChI=1S/C12H16N2O4/c1-17-9-5-3-4-8(6-9)7-10(11(13)15)14-12(16)18-2/h3-6,10H,7H2,1-2H3,(H2,13,15)(H,14,16)/t10-/m0/s1. The highest BCUT2D eigenvalue weighted by molar-refractivity contribution is 5.84. The summed E-state index contributed by atoms with van der Waals surface area (Å²) in [7, 11) is 2.77. The van der Waals surface area contributed by atoms with Crippen molar-refractivity contribution in [3.8, 4) is 5.75 Å². The molecule has 0 aliphatic heterocycles. The van der Waals surface area contributed by atoms with E-state index < -0.39 is 18.0 Å². The van der Waals surface area contributed by atoms with E-state index >= 15 is 0 Å². The zero-order valence-corrected chi connectivity index (χ0v) is 10.3. The number of amides is 2. The van der Waals surface area contributed by atoms with Crippen molar-refractivity contribution in [2.75, 3.05) is 14.2 Å². The average Bonchev–Trinajstić information content (AvgIpc) is 2.37. The molecule has 1 aromatic rings. The number of nitrogens with one attached hydrogen (secondary N) is 1. The Kier molecular flexibility index (Phi) is 4.98. The van der Waals surface area contributed by atoms with Crippen LogP contribution in [0.1, 0.15) is 5.56 Å². The van der Waals surface area contributed by atoms with E-state index in [1.807, 2.05) is 6.07 Å². The van der Waals surface area contributed by atoms with Gasteiger partial charge in [0.25, 0.3) is 0 Å². The van der Waals surface area contributed by atoms with Gasteiger partial charge in [0, 0.05) is 6.42 Å². The number of alkyl carbamates (subject to hydrolysis) is 1. The average molecular weight is 252 g/mol. The maximum absolute atomic E-state index is 11.2. The third kappa shape index (κ3) is 3.97. The predicted octanol–water partition coefficient (Wildman–Crippen LogP) is 0.448. The van der Waals surface area contributed by atoms with Crippen LogP contribution in [-0.2, 0) is 16.0 Å². The maximum atomic E-state index is 11.2. The molecule has 0 unspecified atom stereocenters. The number of carbonyl (C=O) groups excluding carboxylic acids is 2. The summed E-state index contributed by atoms with van der Waals surface area (Å²) in [5.41, 5.74) is 6.05. The van der Waals surface area contributed by atoms with Crippen LogP contribution in [-0.4, -0.2) is 32.3 Å². The second-order valence-electron chi connectivity index (χ2n) is 3.65. The molecule has 0 aliphatic rings. The van der Waals surface area contributed by atoms with Crippen molar-refractivity contribution < 1.29 is 19.1 Å². The summed E-state index contributed by atoms with van der Waals surface area (Å²) in [5, 5.41) is 2.38. The molecule has 0 aliphatic carbocycles. The van der Waals surface area contributed by atoms with E-state index in [2.05, 4.69) is 10.1 Å². The molecule has 0 saturated heterocycles. The Morgan fingerprint density at radius 1 is 1.39 bits per heavy atom. The van der Waals surface area contributed by atoms with E-state index in [1.165, 1.54) is 7.11 Å². The smallest absolute Gasteiger partial charge is 0.407 e. The lowest BCUT2D eigenvalue weighted by atomic mass is 10.1. The zero-order chi connectivity index (χ0) is 13.5. The summed E-state index contributed by atoms with van der Waals surface area (Å²) in [6.45, 7) is 0. The fourth-order valence-electron chi connectivity index (χ4n) is 1.46. The molecule has 0 saturated carbocycles. The number of nitrogens with two attached hydrogens (primary N) is 1. The predicted molar refractivity (Wildman–Crippen MR) is 65.2 cm³/mol. The lowest BCUT2D eigenvalue weighted by Gasteiger charge is -2.14. The Balaban J connectivity index is 2.76. The Morgan fingerprint density at radius 2 is 2.11 bits per heavy atom. The van der Waals surface area contributed by atoms with Gasteiger partial charge in [0.15, 0.2) is 0 Å². The minimum absolute atomic E-state index is 0.279. The summed E-state index contributed by atoms with van der Waals surface area (Å²) in [5.74, 6) is 0.0528. The molecule has 6 heteroatoms. The second-order valence-corrected chi connectivity index (χ2v) is 3.65. The molecular formula is C12H16N2O4. The van der Waals surface area contributed by atoms with Gasteiger partial charge in [0.05, 0.1) is 14.2 Å². The lowest BCUT2D eigenvalue weighted by molar-refractivity contribution is -0.119. The first-order valence-electron chi connectivity index (χ1n) is 5.33. The Morgan fingerprint density at radius 3 is 2.67 bits per heavy atom. The summed E-state index contributed by atoms with van der Waals surface area (Å²) in [4.78, 5) is 22.3. The number of hydrogen-bond donors (Lipinski definition) is 2. The number of primary amides is 1. The molecule has 1 atom stereocenters. The molecule has 0 fully saturated rings. The number of methoxy groups -OCH3 is 2. The highest BCUT2D eigenvalue weighted by Crippen LogP contribution is 2.14. The molecule has 6 nitrogen and oxygen atoms in total. The van der Waals surface area contributed by atoms with Gasteiger partial charge in [-0.2, -0.15) is 0 Å². The van der Waals surface area contributed by atoms with Crippen molar-refractivity contribution in [3.05, 3.63) is 29.8 Å². The first-order chi connectivity index (χ1) is 8.56. The first-order valence-corrected chi connectivity index (χ1v) is 5.33. The zero-order valence-electron chi connectivity index (χ0n) is 10.3. The first kappa shape index (κ1) is 13.8. The third-order valence-corrected chi connectivity index (χ3v) is 2.39. The molecule has 1 rings (SSSR count). The van der Waals surface area contributed by atoms with Gasteiger partial charge in [-0.05, 0) is 17.7 Å². The molecule has 98 valence electrons. The van der Waals surface area contributed by atoms with E-state index in [9.17, 15) is 9.59 Å². The molecule has 1 aromatic carbocycles. The van der Waals surface area contributed by atoms with Gasteiger partial charge in [0.2, 0.25) is 5.91 Å². The van der Waals surface area contributed by atoms with Crippen molar-refractivity contribution in [2.45, 2.75) is 12.5 Å². The fourth-order valence-corrected chi connectivity index (χ4v) is 1.46. The summed E-state index contributed by atoms with van der Waals surface area (Å²) in [6, 6.07) is 6.36. The van der Waals surface area contributed by atoms with Crippen LogP contribution in [0.2, 0.25) is 0 Å². The normalized spacial score (nSPS) is 11.4. The van der Waals surface area contributed by atoms with E-state index in [0.29, 0.717) is 5.75 Å². The van der Waals surface area contributed by atoms with Crippen molar-refractivity contribution in [2.24, 2.45) is 5.73 Å². The largest absolute Gasteiger partial charge is 0.497 e. The number of ether oxygens (including phenoxy) is 2. The molecule has 0 radical (unpaired) electrons. The monoisotopic (exact) mass is 252 g/mol. The Labute approximate surface area is 105 Å². The van der Waals surface area contributed by atoms with Crippen molar-refractivity contribution in [1.29, 1.82) is 0 Å². The minimum atomic E-state index is -0.815. The fraction of sp³-hybridized carbons (Fsp3) is 0.333. The number of rotatable bonds is 5. The Hall–Kier alpha value is -2.24. The van der Waals surface area contributed by atoms with Crippen LogP contribution in [0.5, 0.6) is 5.75 Å². The second kappa shape index (κ2) is 6.48. The van der Waals surface area contributed by atoms with Gasteiger partial charge in [0.1, 0.15) is 11.8 Å². The molecular weight excluding hydrogens is 236 g/mol. The Bertz CT molecular complexity index is 434. The van der Waals surface area contributed by atoms with Crippen molar-refractivity contribution in [3.63, 3.8) is 0 Å². The van der Waals surface area contributed by atoms with Crippen LogP contribution in [0.15, 0.2) is 24.3 Å². The molecule has 0 bridgehead atoms. The van der Waals surface area contributed by atoms with Crippen LogP contribution in [0.3, 0.4) is 0 Å². The maximum Gasteiger partial charge on any atom is 0.407 e. The molecule has 0 spiro atoms. The highest BCUT2D eigenvalue weighted by Gasteiger charge is 2.18. The van der Waals surface area contributed by atoms with E-state index in [-0.39, 0.29) is 6.42 Å². The van der Waals surface area contributed by atoms with Crippen LogP contribution in [0.4, 0.5) is 4.79 Å². The van der Waals surface area contributed by atoms with Gasteiger partial charge >= 0.3 is 6.09 Å². The number of carbonyl (C=O) groups is 2. The quantitative estimate of drug-likeness (QED) is 0.796. The van der Waals surface area contributed by atoms with Gasteiger partial charge in [-0.3, -0.25) is 4.79 Å². The SMILES string of the molecule is COC(=O)N[C@@H](Cc1cccc(OC)c1)C(N)=O. The van der Waals surface area contributed by atoms with Crippen molar-refractivity contribution >= 4 is 12.0 Å². The summed E-state index contributed by atoms with van der Waals surface area (Å²) < 4.78 is 9.50. The molecule has 2 amide bonds. The van der Waals surface area contributed by atoms with Crippen LogP contribution in [0, 0.1) is 0 Å². The third-order valence-electron chi connectivity index (χ3n) is 2.39. The molecule has 0 aromatic heterocycles. The minimum Gasteiger partial charge on any atom is -0.497 e. The van der Waals surface area contributed by atoms with E-state index in [4.69, 9.17) is 10.5 Å². The summed E-state index contributed by atoms with van der Waals surface area (Å²) >= 11 is 0. The van der Waals surface area contributed by atoms with Crippen LogP contribution in [0.25, 0.3) is 0 Å². The van der Waals surface area contributed by atoms with Crippen LogP contribution < -0.4 is 15.8 Å². The van der Waals surface area contributed by atoms with Gasteiger partial charge < -0.3 is 20.5 Å². The number of benzene rings is 1. The molecule has 18 heavy (non-hydrogen) atoms. The molecule has 3 N–H and O–H groups in total. The topological polar surface area (TPSA) is 90.7 Å². The van der Waals surface area contributed by atoms with Gasteiger partial charge in [-0.1, -0.05) is 12.1 Å². The van der Waals surface area contributed by atoms with Crippen LogP contribution >= 0.6 is 0 Å². The molecule has 0 heterocycles. The summed E-state index contributed by atoms with van der Waals surface area (Å²) in [6.07, 6.45) is -0.413. The van der Waals surface area contributed by atoms with Gasteiger partial charge in [-0.15, -0.1) is 0 Å². The lowest BCUT2D eigenvalue weighted by Crippen LogP contribution is -2.45. The highest BCUT2D eigenvalue weighted by atomic mass is 16.5.